The fourth-order valence-corrected chi connectivity index (χ4v) is 2.71. The first-order chi connectivity index (χ1) is 12.4. The highest BCUT2D eigenvalue weighted by Crippen LogP contribution is 2.23. The van der Waals surface area contributed by atoms with E-state index >= 15 is 0 Å². The average molecular weight is 378 g/mol. The van der Waals surface area contributed by atoms with Crippen LogP contribution in [-0.2, 0) is 14.3 Å². The molecule has 0 aliphatic carbocycles. The van der Waals surface area contributed by atoms with Crippen molar-refractivity contribution in [1.29, 1.82) is 5.26 Å². The molecule has 1 heterocycles. The van der Waals surface area contributed by atoms with Crippen molar-refractivity contribution in [2.24, 2.45) is 0 Å². The number of nitrogens with one attached hydrogen (secondary N) is 2. The summed E-state index contributed by atoms with van der Waals surface area (Å²) < 4.78 is 4.93. The van der Waals surface area contributed by atoms with E-state index in [0.29, 0.717) is 17.3 Å². The Kier molecular flexibility index (Phi) is 9.15. The van der Waals surface area contributed by atoms with Crippen molar-refractivity contribution in [2.75, 3.05) is 25.4 Å². The van der Waals surface area contributed by atoms with Crippen molar-refractivity contribution in [3.05, 3.63) is 22.9 Å². The number of thioether (sulfide) groups is 1. The van der Waals surface area contributed by atoms with Gasteiger partial charge in [-0.15, -0.1) is 0 Å². The standard InChI is InChI=1S/C17H22N4O4S/c1-4-6-19-14(22)9-20-15(23)10-26-16-12(8-18)7-13(11(3)21-16)17(24)25-5-2/h7H,4-6,9-10H2,1-3H3,(H,19,22)(H,20,23). The van der Waals surface area contributed by atoms with Gasteiger partial charge in [-0.1, -0.05) is 18.7 Å². The Morgan fingerprint density at radius 2 is 2.00 bits per heavy atom. The first-order valence-corrected chi connectivity index (χ1v) is 9.16. The third-order valence-electron chi connectivity index (χ3n) is 3.15. The molecule has 1 rings (SSSR count). The summed E-state index contributed by atoms with van der Waals surface area (Å²) in [6, 6.07) is 3.39. The highest BCUT2D eigenvalue weighted by atomic mass is 32.2. The fourth-order valence-electron chi connectivity index (χ4n) is 1.88. The number of carbonyl (C=O) groups is 3. The molecule has 2 N–H and O–H groups in total. The van der Waals surface area contributed by atoms with Crippen molar-refractivity contribution >= 4 is 29.5 Å². The van der Waals surface area contributed by atoms with E-state index in [-0.39, 0.29) is 41.8 Å². The van der Waals surface area contributed by atoms with E-state index in [2.05, 4.69) is 15.6 Å². The smallest absolute Gasteiger partial charge is 0.340 e. The number of ether oxygens (including phenoxy) is 1. The minimum atomic E-state index is -0.540. The second kappa shape index (κ2) is 11.1. The molecule has 140 valence electrons. The highest BCUT2D eigenvalue weighted by molar-refractivity contribution is 8.00. The zero-order chi connectivity index (χ0) is 19.5. The lowest BCUT2D eigenvalue weighted by molar-refractivity contribution is -0.124. The van der Waals surface area contributed by atoms with Gasteiger partial charge < -0.3 is 15.4 Å². The first-order valence-electron chi connectivity index (χ1n) is 8.17. The molecule has 1 aromatic rings. The van der Waals surface area contributed by atoms with Gasteiger partial charge >= 0.3 is 5.97 Å². The lowest BCUT2D eigenvalue weighted by Crippen LogP contribution is -2.37. The molecule has 0 spiro atoms. The van der Waals surface area contributed by atoms with Gasteiger partial charge in [-0.05, 0) is 26.3 Å². The number of amides is 2. The molecule has 0 fully saturated rings. The maximum absolute atomic E-state index is 11.9. The summed E-state index contributed by atoms with van der Waals surface area (Å²) in [6.45, 7) is 5.95. The zero-order valence-electron chi connectivity index (χ0n) is 15.0. The van der Waals surface area contributed by atoms with E-state index in [1.165, 1.54) is 6.07 Å². The van der Waals surface area contributed by atoms with Gasteiger partial charge in [0.15, 0.2) is 0 Å². The number of pyridine rings is 1. The van der Waals surface area contributed by atoms with Crippen molar-refractivity contribution in [1.82, 2.24) is 15.6 Å². The second-order valence-electron chi connectivity index (χ2n) is 5.22. The van der Waals surface area contributed by atoms with E-state index in [1.807, 2.05) is 13.0 Å². The van der Waals surface area contributed by atoms with E-state index < -0.39 is 5.97 Å². The quantitative estimate of drug-likeness (QED) is 0.489. The fraction of sp³-hybridized carbons (Fsp3) is 0.471. The molecule has 2 amide bonds. The van der Waals surface area contributed by atoms with Gasteiger partial charge in [0.1, 0.15) is 11.1 Å². The predicted octanol–water partition coefficient (Wildman–Crippen LogP) is 1.17. The number of nitrogens with zero attached hydrogens (tertiary/aromatic N) is 2. The summed E-state index contributed by atoms with van der Waals surface area (Å²) in [4.78, 5) is 39.4. The molecular formula is C17H22N4O4S. The number of rotatable bonds is 9. The lowest BCUT2D eigenvalue weighted by atomic mass is 10.1. The van der Waals surface area contributed by atoms with Crippen molar-refractivity contribution < 1.29 is 19.1 Å². The molecule has 0 saturated heterocycles. The van der Waals surface area contributed by atoms with Gasteiger partial charge in [0.25, 0.3) is 0 Å². The second-order valence-corrected chi connectivity index (χ2v) is 6.19. The molecule has 0 bridgehead atoms. The maximum atomic E-state index is 11.9. The molecule has 0 aliphatic rings. The van der Waals surface area contributed by atoms with Crippen LogP contribution < -0.4 is 10.6 Å². The molecular weight excluding hydrogens is 356 g/mol. The average Bonchev–Trinajstić information content (AvgIpc) is 2.63. The van der Waals surface area contributed by atoms with E-state index in [9.17, 15) is 19.6 Å². The Morgan fingerprint density at radius 3 is 2.62 bits per heavy atom. The van der Waals surface area contributed by atoms with E-state index in [1.54, 1.807) is 13.8 Å². The van der Waals surface area contributed by atoms with Crippen LogP contribution in [0.3, 0.4) is 0 Å². The minimum absolute atomic E-state index is 0.000923. The number of esters is 1. The maximum Gasteiger partial charge on any atom is 0.340 e. The Balaban J connectivity index is 2.68. The van der Waals surface area contributed by atoms with Crippen LogP contribution in [-0.4, -0.2) is 48.2 Å². The summed E-state index contributed by atoms with van der Waals surface area (Å²) in [5, 5.41) is 14.8. The van der Waals surface area contributed by atoms with Gasteiger partial charge in [0.2, 0.25) is 11.8 Å². The molecule has 0 radical (unpaired) electrons. The summed E-state index contributed by atoms with van der Waals surface area (Å²) in [7, 11) is 0. The molecule has 0 unspecified atom stereocenters. The Morgan fingerprint density at radius 1 is 1.27 bits per heavy atom. The number of hydrogen-bond donors (Lipinski definition) is 2. The topological polar surface area (TPSA) is 121 Å². The number of nitriles is 1. The van der Waals surface area contributed by atoms with Crippen LogP contribution in [0.15, 0.2) is 11.1 Å². The first kappa shape index (κ1) is 21.4. The molecule has 0 aromatic carbocycles. The van der Waals surface area contributed by atoms with Crippen molar-refractivity contribution in [2.45, 2.75) is 32.2 Å². The van der Waals surface area contributed by atoms with Gasteiger partial charge in [-0.25, -0.2) is 9.78 Å². The number of aryl methyl sites for hydroxylation is 1. The molecule has 26 heavy (non-hydrogen) atoms. The van der Waals surface area contributed by atoms with E-state index in [4.69, 9.17) is 4.74 Å². The molecule has 0 atom stereocenters. The minimum Gasteiger partial charge on any atom is -0.462 e. The third-order valence-corrected chi connectivity index (χ3v) is 4.14. The number of carbonyl (C=O) groups excluding carboxylic acids is 3. The Hall–Kier alpha value is -2.60. The normalized spacial score (nSPS) is 9.92. The van der Waals surface area contributed by atoms with Crippen LogP contribution in [0.2, 0.25) is 0 Å². The monoisotopic (exact) mass is 378 g/mol. The van der Waals surface area contributed by atoms with Crippen LogP contribution in [0.4, 0.5) is 0 Å². The van der Waals surface area contributed by atoms with Gasteiger partial charge in [0, 0.05) is 6.54 Å². The molecule has 1 aromatic heterocycles. The summed E-state index contributed by atoms with van der Waals surface area (Å²) in [5.41, 5.74) is 0.839. The van der Waals surface area contributed by atoms with Crippen LogP contribution in [0, 0.1) is 18.3 Å². The lowest BCUT2D eigenvalue weighted by Gasteiger charge is -2.09. The third kappa shape index (κ3) is 6.72. The number of aromatic nitrogens is 1. The largest absolute Gasteiger partial charge is 0.462 e. The van der Waals surface area contributed by atoms with Crippen molar-refractivity contribution in [3.8, 4) is 6.07 Å². The molecule has 0 saturated carbocycles. The SMILES string of the molecule is CCCNC(=O)CNC(=O)CSc1nc(C)c(C(=O)OCC)cc1C#N. The van der Waals surface area contributed by atoms with Crippen LogP contribution in [0.1, 0.15) is 41.9 Å². The summed E-state index contributed by atoms with van der Waals surface area (Å²) >= 11 is 1.07. The van der Waals surface area contributed by atoms with Crippen LogP contribution >= 0.6 is 11.8 Å². The highest BCUT2D eigenvalue weighted by Gasteiger charge is 2.17. The number of hydrogen-bond acceptors (Lipinski definition) is 7. The van der Waals surface area contributed by atoms with Crippen LogP contribution in [0.5, 0.6) is 0 Å². The summed E-state index contributed by atoms with van der Waals surface area (Å²) in [6.07, 6.45) is 0.819. The van der Waals surface area contributed by atoms with Gasteiger partial charge in [-0.3, -0.25) is 9.59 Å². The predicted molar refractivity (Wildman–Crippen MR) is 96.7 cm³/mol. The van der Waals surface area contributed by atoms with Crippen molar-refractivity contribution in [3.63, 3.8) is 0 Å². The molecule has 8 nitrogen and oxygen atoms in total. The van der Waals surface area contributed by atoms with Crippen LogP contribution in [0.25, 0.3) is 0 Å². The van der Waals surface area contributed by atoms with E-state index in [0.717, 1.165) is 18.2 Å². The Labute approximate surface area is 156 Å². The Bertz CT molecular complexity index is 715. The molecule has 9 heteroatoms. The molecule has 0 aliphatic heterocycles. The summed E-state index contributed by atoms with van der Waals surface area (Å²) in [5.74, 6) is -1.14. The zero-order valence-corrected chi connectivity index (χ0v) is 15.9. The van der Waals surface area contributed by atoms with Gasteiger partial charge in [0.05, 0.1) is 35.7 Å². The van der Waals surface area contributed by atoms with Gasteiger partial charge in [-0.2, -0.15) is 5.26 Å².